The van der Waals surface area contributed by atoms with Crippen LogP contribution in [0, 0.1) is 6.92 Å². The summed E-state index contributed by atoms with van der Waals surface area (Å²) in [4.78, 5) is 37.5. The largest absolute Gasteiger partial charge is 0.353 e. The summed E-state index contributed by atoms with van der Waals surface area (Å²) in [5, 5.41) is 3.49. The molecule has 1 aliphatic rings. The first-order chi connectivity index (χ1) is 21.2. The van der Waals surface area contributed by atoms with Crippen molar-refractivity contribution < 1.29 is 4.79 Å². The number of piperazine rings is 1. The molecule has 4 heterocycles. The summed E-state index contributed by atoms with van der Waals surface area (Å²) in [5.41, 5.74) is 8.28. The van der Waals surface area contributed by atoms with Crippen molar-refractivity contribution in [2.24, 2.45) is 7.05 Å². The van der Waals surface area contributed by atoms with Crippen molar-refractivity contribution >= 4 is 45.3 Å². The van der Waals surface area contributed by atoms with Gasteiger partial charge in [0, 0.05) is 51.0 Å². The molecule has 0 radical (unpaired) electrons. The number of carbonyl (C=O) groups excluding carboxylic acids is 1. The SMILES string of the molecule is Cc1cc(Nc2ncnc3ccc(N4CCN(C(=O)/C=C/CN(C)C)[C@H](C)C4)nc23)ccc1Cc1ccc2c(c1)ncn2C. The minimum absolute atomic E-state index is 0.0564. The van der Waals surface area contributed by atoms with Crippen LogP contribution in [-0.2, 0) is 18.3 Å². The van der Waals surface area contributed by atoms with Crippen molar-refractivity contribution in [3.63, 3.8) is 0 Å². The summed E-state index contributed by atoms with van der Waals surface area (Å²) in [7, 11) is 5.99. The van der Waals surface area contributed by atoms with Crippen molar-refractivity contribution in [1.82, 2.24) is 34.3 Å². The number of aryl methyl sites for hydroxylation is 2. The van der Waals surface area contributed by atoms with Crippen molar-refractivity contribution in [1.29, 1.82) is 0 Å². The minimum Gasteiger partial charge on any atom is -0.353 e. The maximum Gasteiger partial charge on any atom is 0.246 e. The van der Waals surface area contributed by atoms with Gasteiger partial charge in [-0.25, -0.2) is 19.9 Å². The Balaban J connectivity index is 1.16. The molecule has 0 unspecified atom stereocenters. The number of carbonyl (C=O) groups is 1. The molecule has 0 bridgehead atoms. The van der Waals surface area contributed by atoms with Crippen LogP contribution >= 0.6 is 0 Å². The molecule has 0 saturated carbocycles. The molecular weight excluding hydrogens is 550 g/mol. The Hall–Kier alpha value is -4.83. The predicted molar refractivity (Wildman–Crippen MR) is 176 cm³/mol. The second kappa shape index (κ2) is 12.4. The van der Waals surface area contributed by atoms with Crippen LogP contribution in [0.15, 0.2) is 73.3 Å². The number of benzene rings is 2. The average Bonchev–Trinajstić information content (AvgIpc) is 3.37. The van der Waals surface area contributed by atoms with Crippen molar-refractivity contribution in [2.45, 2.75) is 26.3 Å². The number of imidazole rings is 1. The van der Waals surface area contributed by atoms with Gasteiger partial charge in [-0.3, -0.25) is 4.79 Å². The topological polar surface area (TPSA) is 95.3 Å². The van der Waals surface area contributed by atoms with Crippen LogP contribution in [0.3, 0.4) is 0 Å². The molecule has 1 fully saturated rings. The highest BCUT2D eigenvalue weighted by molar-refractivity contribution is 5.89. The van der Waals surface area contributed by atoms with Gasteiger partial charge in [0.15, 0.2) is 5.82 Å². The number of hydrogen-bond donors (Lipinski definition) is 1. The van der Waals surface area contributed by atoms with Crippen LogP contribution in [0.4, 0.5) is 17.3 Å². The van der Waals surface area contributed by atoms with Gasteiger partial charge in [-0.05, 0) is 87.5 Å². The van der Waals surface area contributed by atoms with E-state index in [1.807, 2.05) is 60.0 Å². The van der Waals surface area contributed by atoms with E-state index in [9.17, 15) is 4.79 Å². The molecule has 2 aromatic carbocycles. The first kappa shape index (κ1) is 29.3. The molecule has 44 heavy (non-hydrogen) atoms. The summed E-state index contributed by atoms with van der Waals surface area (Å²) in [6, 6.07) is 16.9. The van der Waals surface area contributed by atoms with Gasteiger partial charge in [0.05, 0.1) is 22.9 Å². The van der Waals surface area contributed by atoms with E-state index >= 15 is 0 Å². The van der Waals surface area contributed by atoms with Crippen molar-refractivity contribution in [3.05, 3.63) is 90.0 Å². The van der Waals surface area contributed by atoms with E-state index in [-0.39, 0.29) is 11.9 Å². The van der Waals surface area contributed by atoms with Gasteiger partial charge < -0.3 is 24.6 Å². The molecule has 5 aromatic rings. The number of amides is 1. The lowest BCUT2D eigenvalue weighted by molar-refractivity contribution is -0.128. The third-order valence-electron chi connectivity index (χ3n) is 8.22. The fourth-order valence-corrected chi connectivity index (χ4v) is 5.77. The molecule has 1 atom stereocenters. The molecule has 10 heteroatoms. The van der Waals surface area contributed by atoms with Crippen LogP contribution in [0.2, 0.25) is 0 Å². The molecule has 1 aliphatic heterocycles. The number of pyridine rings is 1. The summed E-state index contributed by atoms with van der Waals surface area (Å²) in [6.45, 7) is 7.02. The van der Waals surface area contributed by atoms with Gasteiger partial charge in [-0.15, -0.1) is 0 Å². The number of anilines is 3. The molecule has 226 valence electrons. The number of nitrogens with zero attached hydrogens (tertiary/aromatic N) is 8. The third-order valence-corrected chi connectivity index (χ3v) is 8.22. The number of hydrogen-bond acceptors (Lipinski definition) is 8. The lowest BCUT2D eigenvalue weighted by Gasteiger charge is -2.40. The standard InChI is InChI=1S/C34H39N9O/c1-23-17-27(10-9-26(23)18-25-8-12-30-29(19-25)37-22-41(30)5)38-34-33-28(35-21-36-34)11-13-31(39-33)42-15-16-43(24(2)20-42)32(44)7-6-14-40(3)4/h6-13,17,19,21-22,24H,14-16,18,20H2,1-5H3,(H,35,36,38)/b7-6+/t24-/m1/s1. The zero-order chi connectivity index (χ0) is 30.8. The van der Waals surface area contributed by atoms with Gasteiger partial charge in [-0.1, -0.05) is 18.2 Å². The molecular formula is C34H39N9O. The van der Waals surface area contributed by atoms with Gasteiger partial charge in [0.1, 0.15) is 17.7 Å². The average molecular weight is 590 g/mol. The Morgan fingerprint density at radius 3 is 2.70 bits per heavy atom. The van der Waals surface area contributed by atoms with Crippen molar-refractivity contribution in [2.75, 3.05) is 50.5 Å². The lowest BCUT2D eigenvalue weighted by atomic mass is 9.99. The second-order valence-corrected chi connectivity index (χ2v) is 11.9. The highest BCUT2D eigenvalue weighted by Crippen LogP contribution is 2.27. The first-order valence-electron chi connectivity index (χ1n) is 15.0. The Morgan fingerprint density at radius 2 is 1.91 bits per heavy atom. The minimum atomic E-state index is 0.0564. The Bertz CT molecular complexity index is 1840. The van der Waals surface area contributed by atoms with E-state index in [0.717, 1.165) is 41.0 Å². The maximum absolute atomic E-state index is 12.8. The quantitative estimate of drug-likeness (QED) is 0.260. The zero-order valence-electron chi connectivity index (χ0n) is 26.0. The number of fused-ring (bicyclic) bond motifs is 2. The first-order valence-corrected chi connectivity index (χ1v) is 15.0. The van der Waals surface area contributed by atoms with Crippen molar-refractivity contribution in [3.8, 4) is 0 Å². The molecule has 0 spiro atoms. The Labute approximate surface area is 258 Å². The van der Waals surface area contributed by atoms with Crippen LogP contribution in [0.5, 0.6) is 0 Å². The highest BCUT2D eigenvalue weighted by atomic mass is 16.2. The second-order valence-electron chi connectivity index (χ2n) is 11.9. The molecule has 1 N–H and O–H groups in total. The molecule has 6 rings (SSSR count). The summed E-state index contributed by atoms with van der Waals surface area (Å²) >= 11 is 0. The van der Waals surface area contributed by atoms with Gasteiger partial charge in [0.2, 0.25) is 5.91 Å². The normalized spacial score (nSPS) is 15.6. The Kier molecular flexibility index (Phi) is 8.25. The van der Waals surface area contributed by atoms with Crippen LogP contribution in [-0.4, -0.2) is 86.5 Å². The maximum atomic E-state index is 12.8. The van der Waals surface area contributed by atoms with E-state index in [1.165, 1.54) is 16.7 Å². The third kappa shape index (κ3) is 6.26. The number of nitrogens with one attached hydrogen (secondary N) is 1. The number of rotatable bonds is 8. The highest BCUT2D eigenvalue weighted by Gasteiger charge is 2.27. The fraction of sp³-hybridized carbons (Fsp3) is 0.324. The van der Waals surface area contributed by atoms with Gasteiger partial charge >= 0.3 is 0 Å². The van der Waals surface area contributed by atoms with Gasteiger partial charge in [0.25, 0.3) is 0 Å². The molecule has 10 nitrogen and oxygen atoms in total. The van der Waals surface area contributed by atoms with E-state index in [1.54, 1.807) is 12.4 Å². The predicted octanol–water partition coefficient (Wildman–Crippen LogP) is 4.71. The van der Waals surface area contributed by atoms with Crippen LogP contribution < -0.4 is 10.2 Å². The molecule has 3 aromatic heterocycles. The molecule has 0 aliphatic carbocycles. The van der Waals surface area contributed by atoms with Gasteiger partial charge in [-0.2, -0.15) is 0 Å². The van der Waals surface area contributed by atoms with E-state index in [4.69, 9.17) is 4.98 Å². The monoisotopic (exact) mass is 589 g/mol. The van der Waals surface area contributed by atoms with E-state index in [0.29, 0.717) is 31.0 Å². The molecule has 1 saturated heterocycles. The summed E-state index contributed by atoms with van der Waals surface area (Å²) in [5.74, 6) is 1.58. The van der Waals surface area contributed by atoms with Crippen LogP contribution in [0.25, 0.3) is 22.1 Å². The number of aromatic nitrogens is 5. The van der Waals surface area contributed by atoms with Crippen LogP contribution in [0.1, 0.15) is 23.6 Å². The fourth-order valence-electron chi connectivity index (χ4n) is 5.77. The number of likely N-dealkylation sites (N-methyl/N-ethyl adjacent to an activating group) is 1. The lowest BCUT2D eigenvalue weighted by Crippen LogP contribution is -2.54. The summed E-state index contributed by atoms with van der Waals surface area (Å²) in [6.07, 6.45) is 7.86. The molecule has 1 amide bonds. The smallest absolute Gasteiger partial charge is 0.246 e. The van der Waals surface area contributed by atoms with E-state index < -0.39 is 0 Å². The Morgan fingerprint density at radius 1 is 1.05 bits per heavy atom. The zero-order valence-corrected chi connectivity index (χ0v) is 26.0. The van der Waals surface area contributed by atoms with E-state index in [2.05, 4.69) is 75.4 Å². The summed E-state index contributed by atoms with van der Waals surface area (Å²) < 4.78 is 2.04.